The summed E-state index contributed by atoms with van der Waals surface area (Å²) in [6.07, 6.45) is -0.0720. The highest BCUT2D eigenvalue weighted by Gasteiger charge is 2.12. The van der Waals surface area contributed by atoms with Crippen LogP contribution < -0.4 is 10.2 Å². The average molecular weight is 364 g/mol. The third-order valence-electron chi connectivity index (χ3n) is 4.27. The number of benzene rings is 2. The van der Waals surface area contributed by atoms with Crippen LogP contribution in [0.1, 0.15) is 31.4 Å². The van der Waals surface area contributed by atoms with E-state index < -0.39 is 11.6 Å². The summed E-state index contributed by atoms with van der Waals surface area (Å²) in [7, 11) is 0. The smallest absolute Gasteiger partial charge is 0.220 e. The molecular weight excluding hydrogens is 341 g/mol. The molecular formula is C20H23F3N2O. The Morgan fingerprint density at radius 3 is 2.23 bits per heavy atom. The van der Waals surface area contributed by atoms with Gasteiger partial charge in [-0.3, -0.25) is 4.79 Å². The summed E-state index contributed by atoms with van der Waals surface area (Å²) in [5.41, 5.74) is 1.06. The number of rotatable bonds is 8. The van der Waals surface area contributed by atoms with Gasteiger partial charge < -0.3 is 10.2 Å². The van der Waals surface area contributed by atoms with Crippen molar-refractivity contribution in [3.8, 4) is 0 Å². The van der Waals surface area contributed by atoms with Crippen molar-refractivity contribution in [1.29, 1.82) is 0 Å². The summed E-state index contributed by atoms with van der Waals surface area (Å²) in [5.74, 6) is -2.01. The maximum absolute atomic E-state index is 14.2. The first-order valence-electron chi connectivity index (χ1n) is 8.69. The first-order chi connectivity index (χ1) is 12.5. The highest BCUT2D eigenvalue weighted by Crippen LogP contribution is 2.20. The second-order valence-corrected chi connectivity index (χ2v) is 5.93. The van der Waals surface area contributed by atoms with E-state index >= 15 is 0 Å². The van der Waals surface area contributed by atoms with Crippen molar-refractivity contribution in [3.63, 3.8) is 0 Å². The Bertz CT molecular complexity index is 740. The molecule has 6 heteroatoms. The van der Waals surface area contributed by atoms with E-state index in [2.05, 4.69) is 5.32 Å². The first-order valence-corrected chi connectivity index (χ1v) is 8.69. The molecule has 0 radical (unpaired) electrons. The summed E-state index contributed by atoms with van der Waals surface area (Å²) < 4.78 is 41.3. The Morgan fingerprint density at radius 2 is 1.65 bits per heavy atom. The number of carbonyl (C=O) groups is 1. The zero-order valence-corrected chi connectivity index (χ0v) is 15.0. The van der Waals surface area contributed by atoms with Gasteiger partial charge in [0.25, 0.3) is 0 Å². The fourth-order valence-corrected chi connectivity index (χ4v) is 2.78. The summed E-state index contributed by atoms with van der Waals surface area (Å²) in [4.78, 5) is 13.8. The third-order valence-corrected chi connectivity index (χ3v) is 4.27. The fraction of sp³-hybridized carbons (Fsp3) is 0.350. The van der Waals surface area contributed by atoms with Crippen LogP contribution in [-0.4, -0.2) is 19.0 Å². The zero-order valence-electron chi connectivity index (χ0n) is 15.0. The number of hydrogen-bond acceptors (Lipinski definition) is 2. The van der Waals surface area contributed by atoms with Gasteiger partial charge in [0.15, 0.2) is 0 Å². The summed E-state index contributed by atoms with van der Waals surface area (Å²) in [5, 5.41) is 2.65. The molecule has 0 aliphatic rings. The van der Waals surface area contributed by atoms with Crippen LogP contribution in [0.4, 0.5) is 18.9 Å². The number of amides is 1. The van der Waals surface area contributed by atoms with Crippen LogP contribution in [0, 0.1) is 17.5 Å². The van der Waals surface area contributed by atoms with Gasteiger partial charge in [-0.2, -0.15) is 0 Å². The maximum atomic E-state index is 14.2. The standard InChI is InChI=1S/C20H23F3N2O/c1-3-25(4-2)19-10-8-14(12-18(19)23)13-24-20(26)11-9-15-16(21)6-5-7-17(15)22/h5-8,10,12H,3-4,9,11,13H2,1-2H3,(H,24,26). The lowest BCUT2D eigenvalue weighted by Gasteiger charge is -2.22. The molecule has 2 aromatic rings. The van der Waals surface area contributed by atoms with Crippen molar-refractivity contribution in [1.82, 2.24) is 5.32 Å². The quantitative estimate of drug-likeness (QED) is 0.761. The maximum Gasteiger partial charge on any atom is 0.220 e. The van der Waals surface area contributed by atoms with Gasteiger partial charge in [-0.1, -0.05) is 12.1 Å². The molecule has 3 nitrogen and oxygen atoms in total. The van der Waals surface area contributed by atoms with Gasteiger partial charge in [0.05, 0.1) is 5.69 Å². The van der Waals surface area contributed by atoms with Gasteiger partial charge in [-0.15, -0.1) is 0 Å². The molecule has 0 bridgehead atoms. The Kier molecular flexibility index (Phi) is 7.06. The van der Waals surface area contributed by atoms with Gasteiger partial charge in [-0.25, -0.2) is 13.2 Å². The van der Waals surface area contributed by atoms with Gasteiger partial charge in [-0.05, 0) is 50.1 Å². The van der Waals surface area contributed by atoms with Gasteiger partial charge in [0.1, 0.15) is 17.5 Å². The molecule has 0 atom stereocenters. The van der Waals surface area contributed by atoms with Crippen LogP contribution in [-0.2, 0) is 17.8 Å². The summed E-state index contributed by atoms with van der Waals surface area (Å²) >= 11 is 0. The molecule has 0 saturated carbocycles. The van der Waals surface area contributed by atoms with Gasteiger partial charge >= 0.3 is 0 Å². The number of nitrogens with zero attached hydrogens (tertiary/aromatic N) is 1. The van der Waals surface area contributed by atoms with Crippen molar-refractivity contribution in [2.75, 3.05) is 18.0 Å². The minimum absolute atomic E-state index is 0.0282. The highest BCUT2D eigenvalue weighted by molar-refractivity contribution is 5.76. The molecule has 140 valence electrons. The first kappa shape index (κ1) is 19.8. The van der Waals surface area contributed by atoms with E-state index in [0.717, 1.165) is 12.1 Å². The molecule has 2 aromatic carbocycles. The van der Waals surface area contributed by atoms with E-state index in [4.69, 9.17) is 0 Å². The zero-order chi connectivity index (χ0) is 19.1. The largest absolute Gasteiger partial charge is 0.370 e. The Labute approximate surface area is 151 Å². The predicted octanol–water partition coefficient (Wildman–Crippen LogP) is 4.20. The average Bonchev–Trinajstić information content (AvgIpc) is 2.62. The van der Waals surface area contributed by atoms with Crippen LogP contribution >= 0.6 is 0 Å². The van der Waals surface area contributed by atoms with Crippen molar-refractivity contribution >= 4 is 11.6 Å². The van der Waals surface area contributed by atoms with Gasteiger partial charge in [0.2, 0.25) is 5.91 Å². The molecule has 0 aromatic heterocycles. The second kappa shape index (κ2) is 9.27. The lowest BCUT2D eigenvalue weighted by Crippen LogP contribution is -2.24. The molecule has 1 N–H and O–H groups in total. The summed E-state index contributed by atoms with van der Waals surface area (Å²) in [6.45, 7) is 5.48. The molecule has 0 aliphatic heterocycles. The van der Waals surface area contributed by atoms with E-state index in [0.29, 0.717) is 24.3 Å². The molecule has 0 heterocycles. The van der Waals surface area contributed by atoms with Crippen LogP contribution in [0.3, 0.4) is 0 Å². The topological polar surface area (TPSA) is 32.3 Å². The monoisotopic (exact) mass is 364 g/mol. The minimum atomic E-state index is -0.660. The van der Waals surface area contributed by atoms with E-state index in [-0.39, 0.29) is 36.7 Å². The minimum Gasteiger partial charge on any atom is -0.370 e. The number of nitrogens with one attached hydrogen (secondary N) is 1. The number of halogens is 3. The van der Waals surface area contributed by atoms with Crippen LogP contribution in [0.5, 0.6) is 0 Å². The summed E-state index contributed by atoms with van der Waals surface area (Å²) in [6, 6.07) is 8.45. The lowest BCUT2D eigenvalue weighted by molar-refractivity contribution is -0.121. The molecule has 0 aliphatic carbocycles. The fourth-order valence-electron chi connectivity index (χ4n) is 2.78. The van der Waals surface area contributed by atoms with E-state index in [1.807, 2.05) is 18.7 Å². The van der Waals surface area contributed by atoms with Crippen molar-refractivity contribution in [2.45, 2.75) is 33.2 Å². The molecule has 0 unspecified atom stereocenters. The Balaban J connectivity index is 1.90. The molecule has 1 amide bonds. The number of carbonyl (C=O) groups excluding carboxylic acids is 1. The number of anilines is 1. The molecule has 0 fully saturated rings. The number of hydrogen-bond donors (Lipinski definition) is 1. The van der Waals surface area contributed by atoms with Crippen LogP contribution in [0.15, 0.2) is 36.4 Å². The van der Waals surface area contributed by atoms with Gasteiger partial charge in [0, 0.05) is 31.6 Å². The van der Waals surface area contributed by atoms with E-state index in [1.165, 1.54) is 12.1 Å². The van der Waals surface area contributed by atoms with Crippen molar-refractivity contribution in [2.24, 2.45) is 0 Å². The van der Waals surface area contributed by atoms with E-state index in [9.17, 15) is 18.0 Å². The second-order valence-electron chi connectivity index (χ2n) is 5.93. The normalized spacial score (nSPS) is 10.7. The van der Waals surface area contributed by atoms with Crippen molar-refractivity contribution in [3.05, 3.63) is 65.0 Å². The molecule has 26 heavy (non-hydrogen) atoms. The SMILES string of the molecule is CCN(CC)c1ccc(CNC(=O)CCc2c(F)cccc2F)cc1F. The molecule has 0 saturated heterocycles. The van der Waals surface area contributed by atoms with Crippen molar-refractivity contribution < 1.29 is 18.0 Å². The Hall–Kier alpha value is -2.50. The Morgan fingerprint density at radius 1 is 1.00 bits per heavy atom. The molecule has 2 rings (SSSR count). The van der Waals surface area contributed by atoms with Crippen LogP contribution in [0.2, 0.25) is 0 Å². The third kappa shape index (κ3) is 5.00. The van der Waals surface area contributed by atoms with Crippen LogP contribution in [0.25, 0.3) is 0 Å². The predicted molar refractivity (Wildman–Crippen MR) is 96.5 cm³/mol. The lowest BCUT2D eigenvalue weighted by atomic mass is 10.1. The van der Waals surface area contributed by atoms with E-state index in [1.54, 1.807) is 12.1 Å². The highest BCUT2D eigenvalue weighted by atomic mass is 19.1. The molecule has 0 spiro atoms.